The standard InChI is InChI=1S/C17H15F2N5O2/c18-10-3-4-12(19)11(8-10)13-2-1-6-23(13)15-5-7-24-16(22-15)14(9-21-24)26-17(20)25/h3-5,7-9,13H,1-2,6H2,(H2,20,25)/t13-/m1/s1. The van der Waals surface area contributed by atoms with E-state index in [1.54, 1.807) is 12.3 Å². The minimum absolute atomic E-state index is 0.132. The number of carbonyl (C=O) groups is 1. The van der Waals surface area contributed by atoms with Crippen molar-refractivity contribution in [3.05, 3.63) is 53.9 Å². The summed E-state index contributed by atoms with van der Waals surface area (Å²) in [4.78, 5) is 17.4. The molecule has 0 spiro atoms. The van der Waals surface area contributed by atoms with Gasteiger partial charge in [-0.2, -0.15) is 5.10 Å². The highest BCUT2D eigenvalue weighted by molar-refractivity contribution is 5.71. The highest BCUT2D eigenvalue weighted by Gasteiger charge is 2.30. The third-order valence-corrected chi connectivity index (χ3v) is 4.40. The van der Waals surface area contributed by atoms with Crippen molar-refractivity contribution in [2.75, 3.05) is 11.4 Å². The highest BCUT2D eigenvalue weighted by Crippen LogP contribution is 2.37. The number of ether oxygens (including phenoxy) is 1. The first-order valence-electron chi connectivity index (χ1n) is 8.06. The number of hydrogen-bond acceptors (Lipinski definition) is 5. The van der Waals surface area contributed by atoms with Crippen LogP contribution in [0.2, 0.25) is 0 Å². The first kappa shape index (κ1) is 16.2. The van der Waals surface area contributed by atoms with Gasteiger partial charge >= 0.3 is 6.09 Å². The predicted octanol–water partition coefficient (Wildman–Crippen LogP) is 2.81. The van der Waals surface area contributed by atoms with E-state index in [-0.39, 0.29) is 11.8 Å². The molecule has 2 N–H and O–H groups in total. The number of benzene rings is 1. The van der Waals surface area contributed by atoms with Crippen molar-refractivity contribution < 1.29 is 18.3 Å². The summed E-state index contributed by atoms with van der Waals surface area (Å²) < 4.78 is 34.2. The smallest absolute Gasteiger partial charge is 0.405 e. The molecule has 0 aliphatic carbocycles. The summed E-state index contributed by atoms with van der Waals surface area (Å²) in [5.74, 6) is -0.249. The number of halogens is 2. The van der Waals surface area contributed by atoms with Crippen LogP contribution in [0.3, 0.4) is 0 Å². The lowest BCUT2D eigenvalue weighted by Crippen LogP contribution is -2.24. The van der Waals surface area contributed by atoms with E-state index in [1.807, 2.05) is 4.90 Å². The van der Waals surface area contributed by atoms with Crippen LogP contribution in [-0.4, -0.2) is 27.2 Å². The van der Waals surface area contributed by atoms with Gasteiger partial charge in [-0.3, -0.25) is 0 Å². The largest absolute Gasteiger partial charge is 0.410 e. The van der Waals surface area contributed by atoms with Crippen LogP contribution in [0.4, 0.5) is 19.4 Å². The van der Waals surface area contributed by atoms with Gasteiger partial charge in [0.15, 0.2) is 5.75 Å². The molecule has 7 nitrogen and oxygen atoms in total. The maximum atomic E-state index is 14.2. The van der Waals surface area contributed by atoms with Gasteiger partial charge in [0.1, 0.15) is 17.5 Å². The fourth-order valence-corrected chi connectivity index (χ4v) is 3.31. The third-order valence-electron chi connectivity index (χ3n) is 4.40. The van der Waals surface area contributed by atoms with Crippen LogP contribution < -0.4 is 15.4 Å². The van der Waals surface area contributed by atoms with Gasteiger partial charge in [0.2, 0.25) is 5.65 Å². The number of rotatable bonds is 3. The number of primary amides is 1. The van der Waals surface area contributed by atoms with E-state index < -0.39 is 17.7 Å². The Morgan fingerprint density at radius 2 is 2.15 bits per heavy atom. The van der Waals surface area contributed by atoms with Crippen molar-refractivity contribution in [1.82, 2.24) is 14.6 Å². The molecule has 0 bridgehead atoms. The molecule has 4 rings (SSSR count). The minimum Gasteiger partial charge on any atom is -0.405 e. The average molecular weight is 359 g/mol. The molecule has 0 unspecified atom stereocenters. The summed E-state index contributed by atoms with van der Waals surface area (Å²) in [6.45, 7) is 0.643. The monoisotopic (exact) mass is 359 g/mol. The van der Waals surface area contributed by atoms with Crippen molar-refractivity contribution >= 4 is 17.6 Å². The van der Waals surface area contributed by atoms with Crippen LogP contribution in [0.25, 0.3) is 5.65 Å². The number of anilines is 1. The van der Waals surface area contributed by atoms with Gasteiger partial charge in [-0.1, -0.05) is 0 Å². The average Bonchev–Trinajstić information content (AvgIpc) is 3.23. The SMILES string of the molecule is NC(=O)Oc1cnn2ccc(N3CCC[C@@H]3c3cc(F)ccc3F)nc12. The zero-order chi connectivity index (χ0) is 18.3. The first-order valence-corrected chi connectivity index (χ1v) is 8.06. The number of nitrogens with two attached hydrogens (primary N) is 1. The summed E-state index contributed by atoms with van der Waals surface area (Å²) in [6.07, 6.45) is 3.52. The van der Waals surface area contributed by atoms with Gasteiger partial charge < -0.3 is 15.4 Å². The zero-order valence-electron chi connectivity index (χ0n) is 13.6. The van der Waals surface area contributed by atoms with Crippen molar-refractivity contribution in [1.29, 1.82) is 0 Å². The van der Waals surface area contributed by atoms with Crippen LogP contribution in [0.1, 0.15) is 24.4 Å². The molecular formula is C17H15F2N5O2. The summed E-state index contributed by atoms with van der Waals surface area (Å²) >= 11 is 0. The number of nitrogens with zero attached hydrogens (tertiary/aromatic N) is 4. The Morgan fingerprint density at radius 1 is 1.31 bits per heavy atom. The van der Waals surface area contributed by atoms with Crippen LogP contribution in [0.5, 0.6) is 5.75 Å². The molecule has 1 aliphatic rings. The summed E-state index contributed by atoms with van der Waals surface area (Å²) in [5.41, 5.74) is 5.66. The number of carbonyl (C=O) groups excluding carboxylic acids is 1. The Bertz CT molecular complexity index is 990. The van der Waals surface area contributed by atoms with E-state index >= 15 is 0 Å². The molecular weight excluding hydrogens is 344 g/mol. The molecule has 0 radical (unpaired) electrons. The molecule has 3 aromatic rings. The molecule has 1 fully saturated rings. The Hall–Kier alpha value is -3.23. The van der Waals surface area contributed by atoms with Gasteiger partial charge in [0.25, 0.3) is 0 Å². The molecule has 1 aromatic carbocycles. The van der Waals surface area contributed by atoms with E-state index in [4.69, 9.17) is 10.5 Å². The maximum absolute atomic E-state index is 14.2. The molecule has 3 heterocycles. The number of hydrogen-bond donors (Lipinski definition) is 1. The van der Waals surface area contributed by atoms with Crippen LogP contribution in [-0.2, 0) is 0 Å². The molecule has 1 saturated heterocycles. The quantitative estimate of drug-likeness (QED) is 0.777. The number of aromatic nitrogens is 3. The van der Waals surface area contributed by atoms with E-state index in [9.17, 15) is 13.6 Å². The van der Waals surface area contributed by atoms with Gasteiger partial charge in [-0.05, 0) is 37.1 Å². The van der Waals surface area contributed by atoms with Crippen molar-refractivity contribution in [3.63, 3.8) is 0 Å². The molecule has 1 aliphatic heterocycles. The van der Waals surface area contributed by atoms with E-state index in [2.05, 4.69) is 10.1 Å². The predicted molar refractivity (Wildman–Crippen MR) is 88.9 cm³/mol. The topological polar surface area (TPSA) is 85.8 Å². The van der Waals surface area contributed by atoms with Gasteiger partial charge in [0, 0.05) is 18.3 Å². The molecule has 1 atom stereocenters. The molecule has 1 amide bonds. The third kappa shape index (κ3) is 2.81. The van der Waals surface area contributed by atoms with Crippen molar-refractivity contribution in [2.24, 2.45) is 5.73 Å². The summed E-state index contributed by atoms with van der Waals surface area (Å²) in [6, 6.07) is 4.85. The lowest BCUT2D eigenvalue weighted by atomic mass is 10.0. The van der Waals surface area contributed by atoms with Crippen molar-refractivity contribution in [2.45, 2.75) is 18.9 Å². The zero-order valence-corrected chi connectivity index (χ0v) is 13.6. The summed E-state index contributed by atoms with van der Waals surface area (Å²) in [7, 11) is 0. The minimum atomic E-state index is -0.965. The second kappa shape index (κ2) is 6.25. The van der Waals surface area contributed by atoms with Gasteiger partial charge in [0.05, 0.1) is 12.2 Å². The van der Waals surface area contributed by atoms with Crippen LogP contribution in [0.15, 0.2) is 36.7 Å². The second-order valence-electron chi connectivity index (χ2n) is 6.00. The van der Waals surface area contributed by atoms with E-state index in [0.29, 0.717) is 30.0 Å². The molecule has 9 heteroatoms. The highest BCUT2D eigenvalue weighted by atomic mass is 19.1. The molecule has 0 saturated carbocycles. The maximum Gasteiger partial charge on any atom is 0.410 e. The fourth-order valence-electron chi connectivity index (χ4n) is 3.31. The lowest BCUT2D eigenvalue weighted by molar-refractivity contribution is 0.211. The normalized spacial score (nSPS) is 17.0. The Kier molecular flexibility index (Phi) is 3.90. The lowest BCUT2D eigenvalue weighted by Gasteiger charge is -2.26. The molecule has 2 aromatic heterocycles. The van der Waals surface area contributed by atoms with Gasteiger partial charge in [-0.25, -0.2) is 23.1 Å². The Labute approximate surface area is 147 Å². The van der Waals surface area contributed by atoms with Crippen molar-refractivity contribution in [3.8, 4) is 5.75 Å². The Balaban J connectivity index is 1.73. The first-order chi connectivity index (χ1) is 12.5. The number of fused-ring (bicyclic) bond motifs is 1. The van der Waals surface area contributed by atoms with E-state index in [1.165, 1.54) is 16.8 Å². The second-order valence-corrected chi connectivity index (χ2v) is 6.00. The molecule has 134 valence electrons. The Morgan fingerprint density at radius 3 is 2.96 bits per heavy atom. The summed E-state index contributed by atoms with van der Waals surface area (Å²) in [5, 5.41) is 4.04. The fraction of sp³-hybridized carbons (Fsp3) is 0.235. The van der Waals surface area contributed by atoms with E-state index in [0.717, 1.165) is 18.6 Å². The van der Waals surface area contributed by atoms with Crippen LogP contribution in [0, 0.1) is 11.6 Å². The van der Waals surface area contributed by atoms with Gasteiger partial charge in [-0.15, -0.1) is 0 Å². The van der Waals surface area contributed by atoms with Crippen LogP contribution >= 0.6 is 0 Å². The number of amides is 1. The molecule has 26 heavy (non-hydrogen) atoms.